The molecule has 4 nitrogen and oxygen atoms in total. The van der Waals surface area contributed by atoms with Crippen LogP contribution in [0.3, 0.4) is 0 Å². The Morgan fingerprint density at radius 1 is 1.47 bits per heavy atom. The van der Waals surface area contributed by atoms with E-state index in [-0.39, 0.29) is 17.8 Å². The molecule has 3 atom stereocenters. The van der Waals surface area contributed by atoms with E-state index in [1.165, 1.54) is 14.0 Å². The number of nitrogens with one attached hydrogen (secondary N) is 1. The van der Waals surface area contributed by atoms with Gasteiger partial charge in [0.1, 0.15) is 5.54 Å². The van der Waals surface area contributed by atoms with Gasteiger partial charge in [-0.15, -0.1) is 0 Å². The van der Waals surface area contributed by atoms with Crippen LogP contribution in [0.1, 0.15) is 19.8 Å². The highest BCUT2D eigenvalue weighted by atomic mass is 16.5. The summed E-state index contributed by atoms with van der Waals surface area (Å²) in [4.78, 5) is 22.9. The van der Waals surface area contributed by atoms with E-state index >= 15 is 0 Å². The van der Waals surface area contributed by atoms with Crippen LogP contribution in [0.15, 0.2) is 12.2 Å². The molecule has 0 aromatic rings. The summed E-state index contributed by atoms with van der Waals surface area (Å²) in [6.45, 7) is 1.43. The Balaban J connectivity index is 2.28. The highest BCUT2D eigenvalue weighted by molar-refractivity contribution is 5.88. The summed E-state index contributed by atoms with van der Waals surface area (Å²) in [5, 5.41) is 2.77. The highest BCUT2D eigenvalue weighted by Crippen LogP contribution is 2.46. The number of fused-ring (bicyclic) bond motifs is 2. The van der Waals surface area contributed by atoms with Gasteiger partial charge in [0.05, 0.1) is 7.11 Å². The third-order valence-corrected chi connectivity index (χ3v) is 3.34. The predicted molar refractivity (Wildman–Crippen MR) is 53.9 cm³/mol. The zero-order valence-corrected chi connectivity index (χ0v) is 8.95. The molecular weight excluding hydrogens is 194 g/mol. The molecule has 0 aromatic carbocycles. The molecule has 15 heavy (non-hydrogen) atoms. The molecule has 0 saturated heterocycles. The van der Waals surface area contributed by atoms with E-state index in [4.69, 9.17) is 4.74 Å². The molecule has 0 unspecified atom stereocenters. The number of allylic oxidation sites excluding steroid dienone is 1. The van der Waals surface area contributed by atoms with Crippen LogP contribution in [0.25, 0.3) is 0 Å². The maximum absolute atomic E-state index is 11.8. The number of esters is 1. The summed E-state index contributed by atoms with van der Waals surface area (Å²) >= 11 is 0. The Kier molecular flexibility index (Phi) is 2.29. The van der Waals surface area contributed by atoms with Crippen molar-refractivity contribution in [3.8, 4) is 0 Å². The van der Waals surface area contributed by atoms with Crippen LogP contribution in [0, 0.1) is 11.8 Å². The molecule has 4 heteroatoms. The van der Waals surface area contributed by atoms with Crippen LogP contribution in [-0.2, 0) is 14.3 Å². The molecule has 1 amide bonds. The lowest BCUT2D eigenvalue weighted by Crippen LogP contribution is -2.57. The van der Waals surface area contributed by atoms with Gasteiger partial charge in [0.25, 0.3) is 0 Å². The number of carbonyl (C=O) groups is 2. The molecule has 0 aromatic heterocycles. The first-order valence-electron chi connectivity index (χ1n) is 5.14. The van der Waals surface area contributed by atoms with Crippen molar-refractivity contribution in [3.63, 3.8) is 0 Å². The number of rotatable bonds is 2. The Labute approximate surface area is 88.7 Å². The van der Waals surface area contributed by atoms with Crippen LogP contribution >= 0.6 is 0 Å². The molecule has 0 spiro atoms. The number of carbonyl (C=O) groups excluding carboxylic acids is 2. The van der Waals surface area contributed by atoms with Crippen LogP contribution in [0.5, 0.6) is 0 Å². The Bertz CT molecular complexity index is 337. The van der Waals surface area contributed by atoms with Crippen LogP contribution in [-0.4, -0.2) is 24.5 Å². The molecule has 1 saturated carbocycles. The van der Waals surface area contributed by atoms with Gasteiger partial charge in [-0.3, -0.25) is 4.79 Å². The number of methoxy groups -OCH3 is 1. The van der Waals surface area contributed by atoms with E-state index < -0.39 is 5.54 Å². The van der Waals surface area contributed by atoms with Crippen molar-refractivity contribution in [2.45, 2.75) is 25.3 Å². The van der Waals surface area contributed by atoms with Crippen molar-refractivity contribution in [1.82, 2.24) is 5.32 Å². The summed E-state index contributed by atoms with van der Waals surface area (Å²) in [6, 6.07) is 0. The summed E-state index contributed by atoms with van der Waals surface area (Å²) in [6.07, 6.45) is 5.74. The van der Waals surface area contributed by atoms with Gasteiger partial charge in [-0.05, 0) is 18.8 Å². The monoisotopic (exact) mass is 209 g/mol. The highest BCUT2D eigenvalue weighted by Gasteiger charge is 2.55. The quantitative estimate of drug-likeness (QED) is 0.536. The van der Waals surface area contributed by atoms with E-state index in [0.717, 1.165) is 6.42 Å². The molecule has 2 aliphatic carbocycles. The number of hydrogen-bond acceptors (Lipinski definition) is 3. The molecule has 82 valence electrons. The van der Waals surface area contributed by atoms with Crippen LogP contribution < -0.4 is 5.32 Å². The maximum atomic E-state index is 11.8. The second-order valence-electron chi connectivity index (χ2n) is 4.34. The standard InChI is InChI=1S/C11H15NO3/c1-7(13)12-11(10(14)15-2)6-8-3-4-9(11)5-8/h3-4,8-9H,5-6H2,1-2H3,(H,12,13)/t8-,9+,11-/m0/s1. The predicted octanol–water partition coefficient (Wildman–Crippen LogP) is 0.630. The van der Waals surface area contributed by atoms with E-state index in [9.17, 15) is 9.59 Å². The third kappa shape index (κ3) is 1.44. The minimum absolute atomic E-state index is 0.0962. The minimum Gasteiger partial charge on any atom is -0.467 e. The lowest BCUT2D eigenvalue weighted by atomic mass is 9.84. The summed E-state index contributed by atoms with van der Waals surface area (Å²) < 4.78 is 4.80. The first-order valence-corrected chi connectivity index (χ1v) is 5.14. The molecule has 2 rings (SSSR count). The summed E-state index contributed by atoms with van der Waals surface area (Å²) in [7, 11) is 1.36. The zero-order chi connectivity index (χ0) is 11.1. The fourth-order valence-electron chi connectivity index (χ4n) is 2.78. The molecule has 0 radical (unpaired) electrons. The fraction of sp³-hybridized carbons (Fsp3) is 0.636. The lowest BCUT2D eigenvalue weighted by Gasteiger charge is -2.33. The van der Waals surface area contributed by atoms with Gasteiger partial charge in [0.15, 0.2) is 0 Å². The normalized spacial score (nSPS) is 36.7. The number of hydrogen-bond donors (Lipinski definition) is 1. The van der Waals surface area contributed by atoms with Crippen LogP contribution in [0.2, 0.25) is 0 Å². The van der Waals surface area contributed by atoms with Gasteiger partial charge >= 0.3 is 5.97 Å². The van der Waals surface area contributed by atoms with E-state index in [2.05, 4.69) is 11.4 Å². The van der Waals surface area contributed by atoms with Crippen molar-refractivity contribution in [2.24, 2.45) is 11.8 Å². The topological polar surface area (TPSA) is 55.4 Å². The van der Waals surface area contributed by atoms with Gasteiger partial charge in [0.2, 0.25) is 5.91 Å². The molecule has 2 aliphatic rings. The maximum Gasteiger partial charge on any atom is 0.332 e. The second kappa shape index (κ2) is 3.36. The summed E-state index contributed by atoms with van der Waals surface area (Å²) in [5.41, 5.74) is -0.806. The largest absolute Gasteiger partial charge is 0.467 e. The molecule has 1 N–H and O–H groups in total. The SMILES string of the molecule is COC(=O)[C@]1(NC(C)=O)C[C@H]2C=C[C@@H]1C2. The fourth-order valence-corrected chi connectivity index (χ4v) is 2.78. The van der Waals surface area contributed by atoms with E-state index in [1.807, 2.05) is 6.08 Å². The van der Waals surface area contributed by atoms with E-state index in [1.54, 1.807) is 0 Å². The second-order valence-corrected chi connectivity index (χ2v) is 4.34. The number of ether oxygens (including phenoxy) is 1. The Morgan fingerprint density at radius 2 is 2.20 bits per heavy atom. The van der Waals surface area contributed by atoms with Crippen LogP contribution in [0.4, 0.5) is 0 Å². The van der Waals surface area contributed by atoms with Gasteiger partial charge in [-0.25, -0.2) is 4.79 Å². The molecule has 1 fully saturated rings. The summed E-state index contributed by atoms with van der Waals surface area (Å²) in [5.74, 6) is -0.00398. The zero-order valence-electron chi connectivity index (χ0n) is 8.95. The first-order chi connectivity index (χ1) is 7.08. The van der Waals surface area contributed by atoms with Gasteiger partial charge in [-0.2, -0.15) is 0 Å². The van der Waals surface area contributed by atoms with Crippen molar-refractivity contribution < 1.29 is 14.3 Å². The van der Waals surface area contributed by atoms with Crippen molar-refractivity contribution in [1.29, 1.82) is 0 Å². The molecule has 2 bridgehead atoms. The average Bonchev–Trinajstić information content (AvgIpc) is 2.75. The smallest absolute Gasteiger partial charge is 0.332 e. The van der Waals surface area contributed by atoms with E-state index in [0.29, 0.717) is 12.3 Å². The van der Waals surface area contributed by atoms with Gasteiger partial charge in [-0.1, -0.05) is 12.2 Å². The Hall–Kier alpha value is -1.32. The molecule has 0 heterocycles. The average molecular weight is 209 g/mol. The van der Waals surface area contributed by atoms with Crippen molar-refractivity contribution in [2.75, 3.05) is 7.11 Å². The number of amides is 1. The Morgan fingerprint density at radius 3 is 2.60 bits per heavy atom. The van der Waals surface area contributed by atoms with Crippen molar-refractivity contribution in [3.05, 3.63) is 12.2 Å². The first kappa shape index (κ1) is 10.2. The van der Waals surface area contributed by atoms with Crippen molar-refractivity contribution >= 4 is 11.9 Å². The molecule has 0 aliphatic heterocycles. The third-order valence-electron chi connectivity index (χ3n) is 3.34. The lowest BCUT2D eigenvalue weighted by molar-refractivity contribution is -0.152. The molecular formula is C11H15NO3. The van der Waals surface area contributed by atoms with Gasteiger partial charge in [0, 0.05) is 12.8 Å². The minimum atomic E-state index is -0.806. The van der Waals surface area contributed by atoms with Gasteiger partial charge < -0.3 is 10.1 Å².